The molecule has 0 saturated carbocycles. The third-order valence-electron chi connectivity index (χ3n) is 0.718. The number of aliphatic hydroxyl groups is 1. The standard InChI is InChI=1S/C6H14O2/c1-2-3-5-8-6-4-7/h7H,2-6H2,1H3/i4D2,6D2. The van der Waals surface area contributed by atoms with E-state index in [-0.39, 0.29) is 6.61 Å². The van der Waals surface area contributed by atoms with Crippen LogP contribution in [0.3, 0.4) is 0 Å². The molecule has 0 fully saturated rings. The second-order valence-electron chi connectivity index (χ2n) is 1.42. The van der Waals surface area contributed by atoms with Crippen LogP contribution in [0.25, 0.3) is 0 Å². The van der Waals surface area contributed by atoms with E-state index in [9.17, 15) is 0 Å². The third-order valence-corrected chi connectivity index (χ3v) is 0.718. The summed E-state index contributed by atoms with van der Waals surface area (Å²) in [5.74, 6) is 0. The zero-order valence-electron chi connectivity index (χ0n) is 8.98. The average molecular weight is 122 g/mol. The van der Waals surface area contributed by atoms with Gasteiger partial charge in [-0.25, -0.2) is 0 Å². The SMILES string of the molecule is [2H]C([2H])(O)C([2H])([2H])OCCCC. The molecule has 0 aliphatic heterocycles. The fraction of sp³-hybridized carbons (Fsp3) is 1.00. The van der Waals surface area contributed by atoms with E-state index in [0.29, 0.717) is 6.42 Å². The van der Waals surface area contributed by atoms with Crippen molar-refractivity contribution in [2.75, 3.05) is 19.7 Å². The first-order valence-electron chi connectivity index (χ1n) is 4.67. The van der Waals surface area contributed by atoms with Crippen molar-refractivity contribution in [3.8, 4) is 0 Å². The van der Waals surface area contributed by atoms with Gasteiger partial charge < -0.3 is 9.84 Å². The predicted octanol–water partition coefficient (Wildman–Crippen LogP) is 0.795. The molecule has 1 N–H and O–H groups in total. The van der Waals surface area contributed by atoms with Gasteiger partial charge in [-0.05, 0) is 6.42 Å². The molecular weight excluding hydrogens is 104 g/mol. The van der Waals surface area contributed by atoms with Gasteiger partial charge in [0, 0.05) is 6.61 Å². The summed E-state index contributed by atoms with van der Waals surface area (Å²) in [6, 6.07) is 0. The summed E-state index contributed by atoms with van der Waals surface area (Å²) in [5.41, 5.74) is 0. The molecular formula is C6H14O2. The Balaban J connectivity index is 3.88. The van der Waals surface area contributed by atoms with Crippen molar-refractivity contribution < 1.29 is 15.3 Å². The molecule has 0 aromatic heterocycles. The molecule has 0 aromatic rings. The van der Waals surface area contributed by atoms with E-state index in [1.165, 1.54) is 0 Å². The highest BCUT2D eigenvalue weighted by atomic mass is 16.5. The van der Waals surface area contributed by atoms with E-state index in [1.54, 1.807) is 0 Å². The maximum Gasteiger partial charge on any atom is 0.0697 e. The van der Waals surface area contributed by atoms with Gasteiger partial charge in [0.25, 0.3) is 0 Å². The van der Waals surface area contributed by atoms with Gasteiger partial charge in [-0.1, -0.05) is 13.3 Å². The normalized spacial score (nSPS) is 20.8. The zero-order chi connectivity index (χ0) is 9.83. The summed E-state index contributed by atoms with van der Waals surface area (Å²) in [5, 5.41) is 8.68. The van der Waals surface area contributed by atoms with Crippen molar-refractivity contribution in [2.45, 2.75) is 19.8 Å². The average Bonchev–Trinajstić information content (AvgIpc) is 1.85. The Labute approximate surface area is 56.1 Å². The second kappa shape index (κ2) is 6.92. The van der Waals surface area contributed by atoms with Crippen LogP contribution in [-0.4, -0.2) is 24.8 Å². The minimum atomic E-state index is -2.94. The van der Waals surface area contributed by atoms with Crippen LogP contribution in [-0.2, 0) is 4.74 Å². The van der Waals surface area contributed by atoms with Crippen molar-refractivity contribution in [3.63, 3.8) is 0 Å². The van der Waals surface area contributed by atoms with Gasteiger partial charge in [0.15, 0.2) is 0 Å². The second-order valence-corrected chi connectivity index (χ2v) is 1.42. The van der Waals surface area contributed by atoms with Crippen molar-refractivity contribution in [3.05, 3.63) is 0 Å². The van der Waals surface area contributed by atoms with Crippen LogP contribution in [0.2, 0.25) is 0 Å². The van der Waals surface area contributed by atoms with Crippen LogP contribution in [0, 0.1) is 0 Å². The Bertz CT molecular complexity index is 132. The summed E-state index contributed by atoms with van der Waals surface area (Å²) < 4.78 is 31.9. The molecule has 0 aliphatic rings. The summed E-state index contributed by atoms with van der Waals surface area (Å²) in [6.45, 7) is -3.54. The lowest BCUT2D eigenvalue weighted by Gasteiger charge is -1.97. The minimum Gasteiger partial charge on any atom is -0.394 e. The highest BCUT2D eigenvalue weighted by molar-refractivity contribution is 4.30. The number of hydrogen-bond acceptors (Lipinski definition) is 2. The number of hydrogen-bond donors (Lipinski definition) is 1. The molecule has 0 aromatic carbocycles. The number of ether oxygens (including phenoxy) is 1. The maximum atomic E-state index is 8.68. The Morgan fingerprint density at radius 3 is 3.00 bits per heavy atom. The summed E-state index contributed by atoms with van der Waals surface area (Å²) in [7, 11) is 0. The van der Waals surface area contributed by atoms with Crippen molar-refractivity contribution in [1.82, 2.24) is 0 Å². The third kappa shape index (κ3) is 5.92. The van der Waals surface area contributed by atoms with E-state index in [0.717, 1.165) is 6.42 Å². The number of rotatable bonds is 5. The van der Waals surface area contributed by atoms with Gasteiger partial charge in [0.05, 0.1) is 18.6 Å². The van der Waals surface area contributed by atoms with Crippen molar-refractivity contribution >= 4 is 0 Å². The molecule has 0 unspecified atom stereocenters. The lowest BCUT2D eigenvalue weighted by atomic mass is 10.4. The number of unbranched alkanes of at least 4 members (excludes halogenated alkanes) is 1. The Kier molecular flexibility index (Phi) is 2.75. The van der Waals surface area contributed by atoms with Crippen LogP contribution in [0.5, 0.6) is 0 Å². The fourth-order valence-corrected chi connectivity index (χ4v) is 0.300. The van der Waals surface area contributed by atoms with E-state index < -0.39 is 13.1 Å². The molecule has 0 spiro atoms. The zero-order valence-corrected chi connectivity index (χ0v) is 4.98. The first-order chi connectivity index (χ1) is 5.31. The molecule has 0 amide bonds. The van der Waals surface area contributed by atoms with Crippen molar-refractivity contribution in [1.29, 1.82) is 0 Å². The molecule has 0 atom stereocenters. The quantitative estimate of drug-likeness (QED) is 0.546. The topological polar surface area (TPSA) is 29.5 Å². The van der Waals surface area contributed by atoms with E-state index in [4.69, 9.17) is 10.6 Å². The van der Waals surface area contributed by atoms with Gasteiger partial charge in [0.1, 0.15) is 0 Å². The molecule has 8 heavy (non-hydrogen) atoms. The minimum absolute atomic E-state index is 0.115. The van der Waals surface area contributed by atoms with Crippen LogP contribution in [0.4, 0.5) is 0 Å². The molecule has 2 nitrogen and oxygen atoms in total. The lowest BCUT2D eigenvalue weighted by Crippen LogP contribution is -1.99. The van der Waals surface area contributed by atoms with Crippen LogP contribution in [0.1, 0.15) is 25.2 Å². The summed E-state index contributed by atoms with van der Waals surface area (Å²) >= 11 is 0. The van der Waals surface area contributed by atoms with Gasteiger partial charge in [0.2, 0.25) is 0 Å². The molecule has 0 heterocycles. The van der Waals surface area contributed by atoms with Crippen molar-refractivity contribution in [2.24, 2.45) is 0 Å². The fourth-order valence-electron chi connectivity index (χ4n) is 0.300. The highest BCUT2D eigenvalue weighted by Crippen LogP contribution is 1.85. The van der Waals surface area contributed by atoms with Gasteiger partial charge in [-0.2, -0.15) is 0 Å². The summed E-state index contributed by atoms with van der Waals surface area (Å²) in [6.07, 6.45) is 1.49. The smallest absolute Gasteiger partial charge is 0.0697 e. The van der Waals surface area contributed by atoms with Crippen LogP contribution >= 0.6 is 0 Å². The predicted molar refractivity (Wildman–Crippen MR) is 32.8 cm³/mol. The Morgan fingerprint density at radius 1 is 1.75 bits per heavy atom. The largest absolute Gasteiger partial charge is 0.394 e. The summed E-state index contributed by atoms with van der Waals surface area (Å²) in [4.78, 5) is 0. The first-order valence-corrected chi connectivity index (χ1v) is 2.67. The molecule has 0 bridgehead atoms. The maximum absolute atomic E-state index is 8.68. The van der Waals surface area contributed by atoms with Crippen LogP contribution in [0.15, 0.2) is 0 Å². The Hall–Kier alpha value is -0.0800. The Morgan fingerprint density at radius 2 is 2.50 bits per heavy atom. The molecule has 0 rings (SSSR count). The van der Waals surface area contributed by atoms with Gasteiger partial charge in [-0.3, -0.25) is 0 Å². The molecule has 0 saturated heterocycles. The molecule has 0 aliphatic carbocycles. The molecule has 50 valence electrons. The van der Waals surface area contributed by atoms with Crippen LogP contribution < -0.4 is 0 Å². The van der Waals surface area contributed by atoms with Gasteiger partial charge >= 0.3 is 0 Å². The monoisotopic (exact) mass is 122 g/mol. The first kappa shape index (κ1) is 3.18. The van der Waals surface area contributed by atoms with Gasteiger partial charge in [-0.15, -0.1) is 0 Å². The molecule has 2 heteroatoms. The van der Waals surface area contributed by atoms with E-state index in [1.807, 2.05) is 6.92 Å². The van der Waals surface area contributed by atoms with E-state index >= 15 is 0 Å². The highest BCUT2D eigenvalue weighted by Gasteiger charge is 1.82. The molecule has 0 radical (unpaired) electrons. The lowest BCUT2D eigenvalue weighted by molar-refractivity contribution is 0.0904. The van der Waals surface area contributed by atoms with E-state index in [2.05, 4.69) is 4.74 Å².